The van der Waals surface area contributed by atoms with Gasteiger partial charge in [0.15, 0.2) is 0 Å². The molecule has 0 radical (unpaired) electrons. The molecule has 0 unspecified atom stereocenters. The summed E-state index contributed by atoms with van der Waals surface area (Å²) < 4.78 is 6.97. The molecule has 0 aliphatic rings. The molecule has 1 amide bonds. The van der Waals surface area contributed by atoms with Crippen molar-refractivity contribution in [1.29, 1.82) is 5.26 Å². The molecule has 1 heterocycles. The summed E-state index contributed by atoms with van der Waals surface area (Å²) in [4.78, 5) is 11.8. The standard InChI is InChI=1S/C14H13BrN2O2S/c1-14(2,3)19-13(18)17-12-8(7-16)11-9(15)5-4-6-10(11)20-12/h4-6H,1-3H3,(H,17,18). The Bertz CT molecular complexity index is 710. The highest BCUT2D eigenvalue weighted by Crippen LogP contribution is 2.39. The highest BCUT2D eigenvalue weighted by molar-refractivity contribution is 9.10. The van der Waals surface area contributed by atoms with E-state index in [1.54, 1.807) is 20.8 Å². The van der Waals surface area contributed by atoms with E-state index in [-0.39, 0.29) is 0 Å². The number of nitrogens with zero attached hydrogens (tertiary/aromatic N) is 1. The van der Waals surface area contributed by atoms with Gasteiger partial charge in [0.05, 0.1) is 5.56 Å². The summed E-state index contributed by atoms with van der Waals surface area (Å²) in [5.74, 6) is 0. The number of hydrogen-bond donors (Lipinski definition) is 1. The molecule has 104 valence electrons. The van der Waals surface area contributed by atoms with Crippen molar-refractivity contribution in [3.8, 4) is 6.07 Å². The number of carbonyl (C=O) groups is 1. The average Bonchev–Trinajstić information content (AvgIpc) is 2.64. The average molecular weight is 353 g/mol. The van der Waals surface area contributed by atoms with Crippen LogP contribution in [0.4, 0.5) is 9.80 Å². The molecule has 1 aromatic carbocycles. The molecule has 2 aromatic rings. The van der Waals surface area contributed by atoms with E-state index in [1.165, 1.54) is 11.3 Å². The fourth-order valence-corrected chi connectivity index (χ4v) is 3.46. The summed E-state index contributed by atoms with van der Waals surface area (Å²) in [6.07, 6.45) is -0.559. The third-order valence-corrected chi connectivity index (χ3v) is 4.12. The Morgan fingerprint density at radius 3 is 2.75 bits per heavy atom. The molecule has 0 saturated carbocycles. The molecule has 2 rings (SSSR count). The fourth-order valence-electron chi connectivity index (χ4n) is 1.70. The Morgan fingerprint density at radius 2 is 2.15 bits per heavy atom. The van der Waals surface area contributed by atoms with Gasteiger partial charge in [0.1, 0.15) is 16.7 Å². The van der Waals surface area contributed by atoms with Gasteiger partial charge in [-0.2, -0.15) is 5.26 Å². The number of rotatable bonds is 1. The van der Waals surface area contributed by atoms with Gasteiger partial charge in [0, 0.05) is 14.6 Å². The Morgan fingerprint density at radius 1 is 1.45 bits per heavy atom. The van der Waals surface area contributed by atoms with Crippen molar-refractivity contribution < 1.29 is 9.53 Å². The van der Waals surface area contributed by atoms with Crippen molar-refractivity contribution in [2.75, 3.05) is 5.32 Å². The van der Waals surface area contributed by atoms with Crippen molar-refractivity contribution in [1.82, 2.24) is 0 Å². The second kappa shape index (κ2) is 5.43. The fraction of sp³-hybridized carbons (Fsp3) is 0.286. The predicted octanol–water partition coefficient (Wildman–Crippen LogP) is 4.88. The van der Waals surface area contributed by atoms with Crippen LogP contribution in [0.3, 0.4) is 0 Å². The molecular weight excluding hydrogens is 340 g/mol. The molecule has 4 nitrogen and oxygen atoms in total. The summed E-state index contributed by atoms with van der Waals surface area (Å²) in [5.41, 5.74) is -0.128. The molecule has 0 saturated heterocycles. The second-order valence-corrected chi connectivity index (χ2v) is 7.06. The van der Waals surface area contributed by atoms with Crippen molar-refractivity contribution in [3.05, 3.63) is 28.2 Å². The van der Waals surface area contributed by atoms with E-state index in [0.29, 0.717) is 10.6 Å². The van der Waals surface area contributed by atoms with E-state index in [0.717, 1.165) is 14.6 Å². The zero-order valence-corrected chi connectivity index (χ0v) is 13.7. The number of hydrogen-bond acceptors (Lipinski definition) is 4. The van der Waals surface area contributed by atoms with Crippen LogP contribution in [0.1, 0.15) is 26.3 Å². The number of nitriles is 1. The number of thiophene rings is 1. The molecule has 1 N–H and O–H groups in total. The maximum Gasteiger partial charge on any atom is 0.412 e. The SMILES string of the molecule is CC(C)(C)OC(=O)Nc1sc2cccc(Br)c2c1C#N. The number of fused-ring (bicyclic) bond motifs is 1. The van der Waals surface area contributed by atoms with Gasteiger partial charge in [-0.3, -0.25) is 5.32 Å². The largest absolute Gasteiger partial charge is 0.444 e. The third-order valence-electron chi connectivity index (χ3n) is 2.39. The van der Waals surface area contributed by atoms with E-state index in [2.05, 4.69) is 27.3 Å². The van der Waals surface area contributed by atoms with E-state index in [9.17, 15) is 10.1 Å². The lowest BCUT2D eigenvalue weighted by Crippen LogP contribution is -2.27. The minimum Gasteiger partial charge on any atom is -0.444 e. The molecule has 6 heteroatoms. The normalized spacial score (nSPS) is 11.2. The van der Waals surface area contributed by atoms with Crippen LogP contribution in [0.25, 0.3) is 10.1 Å². The molecule has 0 spiro atoms. The van der Waals surface area contributed by atoms with Gasteiger partial charge in [0.25, 0.3) is 0 Å². The number of nitrogens with one attached hydrogen (secondary N) is 1. The minimum atomic E-state index is -0.575. The molecule has 0 fully saturated rings. The van der Waals surface area contributed by atoms with Crippen LogP contribution in [0.2, 0.25) is 0 Å². The van der Waals surface area contributed by atoms with Gasteiger partial charge < -0.3 is 4.74 Å². The molecule has 20 heavy (non-hydrogen) atoms. The summed E-state index contributed by atoms with van der Waals surface area (Å²) in [5, 5.41) is 13.3. The van der Waals surface area contributed by atoms with Gasteiger partial charge >= 0.3 is 6.09 Å². The number of carbonyl (C=O) groups excluding carboxylic acids is 1. The lowest BCUT2D eigenvalue weighted by molar-refractivity contribution is 0.0636. The minimum absolute atomic E-state index is 0.448. The lowest BCUT2D eigenvalue weighted by Gasteiger charge is -2.19. The molecule has 0 aliphatic heterocycles. The van der Waals surface area contributed by atoms with Crippen molar-refractivity contribution in [2.45, 2.75) is 26.4 Å². The smallest absolute Gasteiger partial charge is 0.412 e. The van der Waals surface area contributed by atoms with Crippen LogP contribution in [-0.2, 0) is 4.74 Å². The van der Waals surface area contributed by atoms with Crippen molar-refractivity contribution in [2.24, 2.45) is 0 Å². The first-order valence-corrected chi connectivity index (χ1v) is 7.54. The van der Waals surface area contributed by atoms with Crippen LogP contribution in [-0.4, -0.2) is 11.7 Å². The molecular formula is C14H13BrN2O2S. The first-order valence-electron chi connectivity index (χ1n) is 5.93. The van der Waals surface area contributed by atoms with E-state index >= 15 is 0 Å². The number of halogens is 1. The zero-order chi connectivity index (χ0) is 14.9. The highest BCUT2D eigenvalue weighted by Gasteiger charge is 2.20. The van der Waals surface area contributed by atoms with Crippen LogP contribution < -0.4 is 5.32 Å². The Kier molecular flexibility index (Phi) is 4.02. The van der Waals surface area contributed by atoms with E-state index in [4.69, 9.17) is 4.74 Å². The summed E-state index contributed by atoms with van der Waals surface area (Å²) in [7, 11) is 0. The van der Waals surface area contributed by atoms with Crippen LogP contribution in [0, 0.1) is 11.3 Å². The van der Waals surface area contributed by atoms with Crippen LogP contribution in [0.5, 0.6) is 0 Å². The number of benzene rings is 1. The van der Waals surface area contributed by atoms with Gasteiger partial charge in [-0.1, -0.05) is 22.0 Å². The Hall–Kier alpha value is -1.58. The van der Waals surface area contributed by atoms with Crippen molar-refractivity contribution in [3.63, 3.8) is 0 Å². The first kappa shape index (κ1) is 14.8. The third kappa shape index (κ3) is 3.11. The van der Waals surface area contributed by atoms with Crippen molar-refractivity contribution >= 4 is 48.4 Å². The predicted molar refractivity (Wildman–Crippen MR) is 84.1 cm³/mol. The monoisotopic (exact) mass is 352 g/mol. The maximum absolute atomic E-state index is 11.8. The van der Waals surface area contributed by atoms with Gasteiger partial charge in [-0.15, -0.1) is 11.3 Å². The second-order valence-electron chi connectivity index (χ2n) is 5.16. The molecule has 0 aliphatic carbocycles. The quantitative estimate of drug-likeness (QED) is 0.795. The van der Waals surface area contributed by atoms with Gasteiger partial charge in [-0.25, -0.2) is 4.79 Å². The molecule has 0 atom stereocenters. The van der Waals surface area contributed by atoms with E-state index < -0.39 is 11.7 Å². The zero-order valence-electron chi connectivity index (χ0n) is 11.3. The first-order chi connectivity index (χ1) is 9.31. The number of amides is 1. The number of ether oxygens (including phenoxy) is 1. The van der Waals surface area contributed by atoms with Crippen LogP contribution in [0.15, 0.2) is 22.7 Å². The maximum atomic E-state index is 11.8. The summed E-state index contributed by atoms with van der Waals surface area (Å²) in [6.45, 7) is 5.37. The van der Waals surface area contributed by atoms with Crippen LogP contribution >= 0.6 is 27.3 Å². The number of anilines is 1. The summed E-state index contributed by atoms with van der Waals surface area (Å²) in [6, 6.07) is 7.80. The molecule has 1 aromatic heterocycles. The van der Waals surface area contributed by atoms with E-state index in [1.807, 2.05) is 18.2 Å². The Balaban J connectivity index is 2.39. The highest BCUT2D eigenvalue weighted by atomic mass is 79.9. The molecule has 0 bridgehead atoms. The lowest BCUT2D eigenvalue weighted by atomic mass is 10.2. The Labute approximate surface area is 129 Å². The van der Waals surface area contributed by atoms with Gasteiger partial charge in [0.2, 0.25) is 0 Å². The summed E-state index contributed by atoms with van der Waals surface area (Å²) >= 11 is 4.78. The van der Waals surface area contributed by atoms with Gasteiger partial charge in [-0.05, 0) is 32.9 Å². The topological polar surface area (TPSA) is 62.1 Å².